The van der Waals surface area contributed by atoms with Crippen LogP contribution in [0.4, 0.5) is 10.1 Å². The molecule has 0 aliphatic carbocycles. The van der Waals surface area contributed by atoms with Crippen LogP contribution < -0.4 is 10.6 Å². The Balaban J connectivity index is 1.67. The fourth-order valence-corrected chi connectivity index (χ4v) is 3.89. The molecule has 3 rings (SSSR count). The molecule has 0 saturated heterocycles. The largest absolute Gasteiger partial charge is 0.342 e. The van der Waals surface area contributed by atoms with Gasteiger partial charge < -0.3 is 15.2 Å². The molecule has 1 atom stereocenters. The minimum atomic E-state index is -0.599. The third-order valence-corrected chi connectivity index (χ3v) is 5.87. The summed E-state index contributed by atoms with van der Waals surface area (Å²) in [6.07, 6.45) is 1.67. The fourth-order valence-electron chi connectivity index (χ4n) is 2.87. The molecule has 1 heterocycles. The molecule has 0 fully saturated rings. The number of benzene rings is 2. The van der Waals surface area contributed by atoms with Crippen LogP contribution in [0.1, 0.15) is 29.1 Å². The number of halogens is 2. The number of carbonyl (C=O) groups excluding carboxylic acids is 2. The van der Waals surface area contributed by atoms with Gasteiger partial charge in [-0.1, -0.05) is 45.9 Å². The Morgan fingerprint density at radius 3 is 2.62 bits per heavy atom. The predicted octanol–water partition coefficient (Wildman–Crippen LogP) is 4.59. The minimum absolute atomic E-state index is 0.0478. The zero-order valence-electron chi connectivity index (χ0n) is 17.2. The fraction of sp³-hybridized carbons (Fsp3) is 0.182. The van der Waals surface area contributed by atoms with E-state index < -0.39 is 17.8 Å². The summed E-state index contributed by atoms with van der Waals surface area (Å²) < 4.78 is 16.6. The molecule has 2 amide bonds. The lowest BCUT2D eigenvalue weighted by molar-refractivity contribution is -0.113. The van der Waals surface area contributed by atoms with Crippen LogP contribution >= 0.6 is 27.7 Å². The highest BCUT2D eigenvalue weighted by Gasteiger charge is 2.21. The Morgan fingerprint density at radius 1 is 1.22 bits per heavy atom. The first-order valence-corrected chi connectivity index (χ1v) is 11.4. The highest BCUT2D eigenvalue weighted by atomic mass is 79.9. The van der Waals surface area contributed by atoms with Gasteiger partial charge in [0.05, 0.1) is 17.4 Å². The molecule has 2 aromatic carbocycles. The van der Waals surface area contributed by atoms with Crippen LogP contribution in [0.25, 0.3) is 0 Å². The van der Waals surface area contributed by atoms with Gasteiger partial charge in [0.1, 0.15) is 5.82 Å². The number of nitrogens with zero attached hydrogens (tertiary/aromatic N) is 3. The number of nitrogens with one attached hydrogen (secondary N) is 2. The van der Waals surface area contributed by atoms with Crippen LogP contribution in [-0.4, -0.2) is 32.3 Å². The van der Waals surface area contributed by atoms with Crippen molar-refractivity contribution < 1.29 is 14.0 Å². The van der Waals surface area contributed by atoms with Gasteiger partial charge in [-0.05, 0) is 43.3 Å². The van der Waals surface area contributed by atoms with E-state index in [-0.39, 0.29) is 17.2 Å². The molecule has 0 aliphatic rings. The van der Waals surface area contributed by atoms with E-state index in [1.165, 1.54) is 30.0 Å². The second kappa shape index (κ2) is 11.1. The summed E-state index contributed by atoms with van der Waals surface area (Å²) in [5, 5.41) is 14.4. The molecule has 0 saturated carbocycles. The van der Waals surface area contributed by atoms with Gasteiger partial charge in [0.25, 0.3) is 5.91 Å². The Labute approximate surface area is 197 Å². The number of hydrogen-bond acceptors (Lipinski definition) is 5. The molecule has 32 heavy (non-hydrogen) atoms. The molecule has 3 aromatic rings. The molecule has 2 N–H and O–H groups in total. The lowest BCUT2D eigenvalue weighted by Gasteiger charge is -2.15. The summed E-state index contributed by atoms with van der Waals surface area (Å²) in [5.41, 5.74) is 0.643. The molecule has 0 spiro atoms. The Morgan fingerprint density at radius 2 is 1.94 bits per heavy atom. The molecular formula is C22H21BrFN5O2S. The van der Waals surface area contributed by atoms with E-state index in [0.29, 0.717) is 23.2 Å². The first kappa shape index (κ1) is 23.7. The maximum Gasteiger partial charge on any atom is 0.254 e. The van der Waals surface area contributed by atoms with Crippen molar-refractivity contribution in [1.29, 1.82) is 0 Å². The number of hydrogen-bond donors (Lipinski definition) is 2. The Bertz CT molecular complexity index is 1120. The average Bonchev–Trinajstić information content (AvgIpc) is 3.17. The van der Waals surface area contributed by atoms with Crippen molar-refractivity contribution in [2.75, 3.05) is 11.1 Å². The highest BCUT2D eigenvalue weighted by Crippen LogP contribution is 2.22. The maximum atomic E-state index is 13.9. The molecule has 0 bridgehead atoms. The Hall–Kier alpha value is -2.98. The number of amides is 2. The monoisotopic (exact) mass is 517 g/mol. The summed E-state index contributed by atoms with van der Waals surface area (Å²) in [6, 6.07) is 12.5. The van der Waals surface area contributed by atoms with Gasteiger partial charge in [0, 0.05) is 16.7 Å². The van der Waals surface area contributed by atoms with Crippen molar-refractivity contribution in [3.05, 3.63) is 82.9 Å². The normalized spacial score (nSPS) is 11.6. The number of anilines is 1. The molecule has 10 heteroatoms. The standard InChI is InChI=1S/C22H21BrFN5O2S/c1-3-12-29-20(14(2)25-21(31)17-6-4-5-7-18(17)24)27-28-22(29)32-13-19(30)26-16-10-8-15(23)9-11-16/h3-11,14H,1,12-13H2,2H3,(H,25,31)(H,26,30)/t14-/m1/s1. The van der Waals surface area contributed by atoms with Gasteiger partial charge in [-0.15, -0.1) is 16.8 Å². The molecule has 0 aliphatic heterocycles. The molecule has 0 unspecified atom stereocenters. The van der Waals surface area contributed by atoms with Crippen molar-refractivity contribution in [1.82, 2.24) is 20.1 Å². The van der Waals surface area contributed by atoms with Crippen LogP contribution in [0.5, 0.6) is 0 Å². The predicted molar refractivity (Wildman–Crippen MR) is 126 cm³/mol. The molecule has 1 aromatic heterocycles. The van der Waals surface area contributed by atoms with Crippen molar-refractivity contribution >= 4 is 45.2 Å². The molecule has 166 valence electrons. The van der Waals surface area contributed by atoms with Gasteiger partial charge in [0.15, 0.2) is 11.0 Å². The quantitative estimate of drug-likeness (QED) is 0.320. The van der Waals surface area contributed by atoms with E-state index in [4.69, 9.17) is 0 Å². The summed E-state index contributed by atoms with van der Waals surface area (Å²) in [5.74, 6) is -0.732. The number of allylic oxidation sites excluding steroid dienone is 1. The summed E-state index contributed by atoms with van der Waals surface area (Å²) in [4.78, 5) is 24.7. The Kier molecular flexibility index (Phi) is 8.18. The van der Waals surface area contributed by atoms with Gasteiger partial charge in [0.2, 0.25) is 5.91 Å². The van der Waals surface area contributed by atoms with E-state index in [9.17, 15) is 14.0 Å². The molecule has 0 radical (unpaired) electrons. The summed E-state index contributed by atoms with van der Waals surface area (Å²) in [7, 11) is 0. The average molecular weight is 518 g/mol. The number of rotatable bonds is 9. The van der Waals surface area contributed by atoms with Crippen molar-refractivity contribution in [3.63, 3.8) is 0 Å². The third kappa shape index (κ3) is 6.04. The topological polar surface area (TPSA) is 88.9 Å². The first-order chi connectivity index (χ1) is 15.4. The number of carbonyl (C=O) groups is 2. The summed E-state index contributed by atoms with van der Waals surface area (Å²) in [6.45, 7) is 5.87. The van der Waals surface area contributed by atoms with Gasteiger partial charge in [-0.3, -0.25) is 9.59 Å². The van der Waals surface area contributed by atoms with Crippen LogP contribution in [0.15, 0.2) is 70.8 Å². The lowest BCUT2D eigenvalue weighted by Crippen LogP contribution is -2.29. The van der Waals surface area contributed by atoms with Crippen molar-refractivity contribution in [3.8, 4) is 0 Å². The SMILES string of the molecule is C=CCn1c(SCC(=O)Nc2ccc(Br)cc2)nnc1[C@@H](C)NC(=O)c1ccccc1F. The lowest BCUT2D eigenvalue weighted by atomic mass is 10.2. The van der Waals surface area contributed by atoms with E-state index in [0.717, 1.165) is 4.47 Å². The zero-order valence-corrected chi connectivity index (χ0v) is 19.6. The zero-order chi connectivity index (χ0) is 23.1. The highest BCUT2D eigenvalue weighted by molar-refractivity contribution is 9.10. The number of thioether (sulfide) groups is 1. The van der Waals surface area contributed by atoms with Crippen LogP contribution in [0, 0.1) is 5.82 Å². The summed E-state index contributed by atoms with van der Waals surface area (Å²) >= 11 is 4.57. The second-order valence-corrected chi connectivity index (χ2v) is 8.62. The van der Waals surface area contributed by atoms with Crippen LogP contribution in [0.3, 0.4) is 0 Å². The van der Waals surface area contributed by atoms with E-state index in [1.54, 1.807) is 35.8 Å². The third-order valence-electron chi connectivity index (χ3n) is 4.37. The minimum Gasteiger partial charge on any atom is -0.342 e. The smallest absolute Gasteiger partial charge is 0.254 e. The number of aromatic nitrogens is 3. The van der Waals surface area contributed by atoms with Gasteiger partial charge in [-0.2, -0.15) is 0 Å². The molecular weight excluding hydrogens is 497 g/mol. The molecule has 7 nitrogen and oxygen atoms in total. The van der Waals surface area contributed by atoms with Crippen molar-refractivity contribution in [2.45, 2.75) is 24.7 Å². The van der Waals surface area contributed by atoms with Gasteiger partial charge >= 0.3 is 0 Å². The van der Waals surface area contributed by atoms with E-state index in [1.807, 2.05) is 12.1 Å². The van der Waals surface area contributed by atoms with E-state index >= 15 is 0 Å². The van der Waals surface area contributed by atoms with Crippen LogP contribution in [0.2, 0.25) is 0 Å². The van der Waals surface area contributed by atoms with Crippen molar-refractivity contribution in [2.24, 2.45) is 0 Å². The first-order valence-electron chi connectivity index (χ1n) is 9.66. The second-order valence-electron chi connectivity index (χ2n) is 6.76. The maximum absolute atomic E-state index is 13.9. The van der Waals surface area contributed by atoms with Gasteiger partial charge in [-0.25, -0.2) is 4.39 Å². The van der Waals surface area contributed by atoms with Crippen LogP contribution in [-0.2, 0) is 11.3 Å². The van der Waals surface area contributed by atoms with E-state index in [2.05, 4.69) is 43.3 Å².